The molecule has 1 N–H and O–H groups in total. The Morgan fingerprint density at radius 2 is 2.04 bits per heavy atom. The van der Waals surface area contributed by atoms with Gasteiger partial charge in [0.15, 0.2) is 5.65 Å². The van der Waals surface area contributed by atoms with E-state index in [1.807, 2.05) is 37.6 Å². The molecule has 4 heterocycles. The van der Waals surface area contributed by atoms with E-state index in [1.54, 1.807) is 6.20 Å². The average Bonchev–Trinajstić information content (AvgIpc) is 3.24. The number of fused-ring (bicyclic) bond motifs is 1. The number of nitrogens with zero attached hydrogens (tertiary/aromatic N) is 4. The summed E-state index contributed by atoms with van der Waals surface area (Å²) in [6.45, 7) is 10.6. The minimum Gasteiger partial charge on any atom is -0.376 e. The van der Waals surface area contributed by atoms with Crippen molar-refractivity contribution in [3.63, 3.8) is 0 Å². The Bertz CT molecular complexity index is 888. The van der Waals surface area contributed by atoms with Gasteiger partial charge in [0.2, 0.25) is 5.95 Å². The van der Waals surface area contributed by atoms with Crippen LogP contribution >= 0.6 is 15.9 Å². The summed E-state index contributed by atoms with van der Waals surface area (Å²) < 4.78 is 24.8. The monoisotopic (exact) mass is 469 g/mol. The summed E-state index contributed by atoms with van der Waals surface area (Å²) in [5.41, 5.74) is 0.892. The van der Waals surface area contributed by atoms with E-state index in [9.17, 15) is 4.21 Å². The van der Waals surface area contributed by atoms with Gasteiger partial charge in [0, 0.05) is 37.1 Å². The first-order valence-electron chi connectivity index (χ1n) is 9.73. The molecule has 0 amide bonds. The standard InChI is InChI=1S/C19H28BrN5O2S/c1-13-15(23-28(26)18(2,3)4)19(12-27-13)5-8-24(9-6-19)17-22-11-14(20)16-21-7-10-25(16)17/h7,10-11,13,15,23H,5-6,8-9,12H2,1-4H3/t13-,15+,28+/m0/s1. The largest absolute Gasteiger partial charge is 0.376 e. The molecule has 2 aromatic rings. The first-order chi connectivity index (χ1) is 13.2. The summed E-state index contributed by atoms with van der Waals surface area (Å²) in [6, 6.07) is 0.0980. The van der Waals surface area contributed by atoms with Crippen molar-refractivity contribution in [2.45, 2.75) is 57.4 Å². The highest BCUT2D eigenvalue weighted by molar-refractivity contribution is 9.10. The molecule has 0 aliphatic carbocycles. The van der Waals surface area contributed by atoms with Crippen LogP contribution in [0.15, 0.2) is 23.1 Å². The van der Waals surface area contributed by atoms with Crippen LogP contribution in [0.4, 0.5) is 5.95 Å². The van der Waals surface area contributed by atoms with Gasteiger partial charge in [-0.3, -0.25) is 4.40 Å². The predicted molar refractivity (Wildman–Crippen MR) is 115 cm³/mol. The van der Waals surface area contributed by atoms with Gasteiger partial charge < -0.3 is 9.64 Å². The van der Waals surface area contributed by atoms with Crippen molar-refractivity contribution in [2.24, 2.45) is 5.41 Å². The molecule has 9 heteroatoms. The Morgan fingerprint density at radius 1 is 1.32 bits per heavy atom. The summed E-state index contributed by atoms with van der Waals surface area (Å²) in [7, 11) is -1.11. The Hall–Kier alpha value is -1.03. The number of hydrogen-bond donors (Lipinski definition) is 1. The van der Waals surface area contributed by atoms with E-state index < -0.39 is 11.0 Å². The maximum Gasteiger partial charge on any atom is 0.211 e. The second-order valence-electron chi connectivity index (χ2n) is 8.87. The molecular formula is C19H28BrN5O2S. The van der Waals surface area contributed by atoms with Gasteiger partial charge in [-0.05, 0) is 56.5 Å². The van der Waals surface area contributed by atoms with Gasteiger partial charge in [-0.1, -0.05) is 0 Å². The van der Waals surface area contributed by atoms with Crippen LogP contribution in [0.2, 0.25) is 0 Å². The number of hydrogen-bond acceptors (Lipinski definition) is 5. The van der Waals surface area contributed by atoms with Gasteiger partial charge in [-0.15, -0.1) is 0 Å². The Labute approximate surface area is 177 Å². The quantitative estimate of drug-likeness (QED) is 0.747. The van der Waals surface area contributed by atoms with Crippen molar-refractivity contribution in [2.75, 3.05) is 24.6 Å². The molecule has 0 saturated carbocycles. The third-order valence-corrected chi connectivity index (χ3v) is 8.10. The van der Waals surface area contributed by atoms with Crippen LogP contribution in [0.1, 0.15) is 40.5 Å². The molecule has 2 saturated heterocycles. The van der Waals surface area contributed by atoms with Crippen molar-refractivity contribution in [1.29, 1.82) is 0 Å². The molecule has 0 aromatic carbocycles. The van der Waals surface area contributed by atoms with Gasteiger partial charge in [0.25, 0.3) is 0 Å². The van der Waals surface area contributed by atoms with E-state index in [0.29, 0.717) is 0 Å². The lowest BCUT2D eigenvalue weighted by molar-refractivity contribution is 0.0972. The lowest BCUT2D eigenvalue weighted by atomic mass is 9.73. The first kappa shape index (κ1) is 20.3. The van der Waals surface area contributed by atoms with Crippen LogP contribution in [0.5, 0.6) is 0 Å². The Kier molecular flexibility index (Phi) is 5.31. The highest BCUT2D eigenvalue weighted by atomic mass is 79.9. The molecule has 2 aromatic heterocycles. The summed E-state index contributed by atoms with van der Waals surface area (Å²) in [5, 5.41) is 0. The average molecular weight is 470 g/mol. The second-order valence-corrected chi connectivity index (χ2v) is 11.7. The SMILES string of the molecule is C[C@@H]1OCC2(CCN(c3ncc(Br)c4nccn34)CC2)[C@@H]1N[S@](=O)C(C)(C)C. The van der Waals surface area contributed by atoms with Crippen molar-refractivity contribution >= 4 is 38.5 Å². The molecule has 2 aliphatic heterocycles. The zero-order valence-electron chi connectivity index (χ0n) is 16.8. The van der Waals surface area contributed by atoms with Gasteiger partial charge in [-0.25, -0.2) is 18.9 Å². The van der Waals surface area contributed by atoms with Crippen LogP contribution in [-0.2, 0) is 15.7 Å². The molecule has 1 spiro atoms. The number of halogens is 1. The normalized spacial score (nSPS) is 26.2. The maximum atomic E-state index is 12.7. The van der Waals surface area contributed by atoms with Gasteiger partial charge >= 0.3 is 0 Å². The molecule has 2 fully saturated rings. The minimum absolute atomic E-state index is 0.0141. The highest BCUT2D eigenvalue weighted by Crippen LogP contribution is 2.43. The first-order valence-corrected chi connectivity index (χ1v) is 11.7. The number of rotatable bonds is 3. The number of imidazole rings is 1. The van der Waals surface area contributed by atoms with Gasteiger partial charge in [0.1, 0.15) is 0 Å². The lowest BCUT2D eigenvalue weighted by Gasteiger charge is -2.43. The van der Waals surface area contributed by atoms with Crippen LogP contribution in [-0.4, -0.2) is 55.2 Å². The van der Waals surface area contributed by atoms with Gasteiger partial charge in [-0.2, -0.15) is 0 Å². The zero-order valence-corrected chi connectivity index (χ0v) is 19.2. The summed E-state index contributed by atoms with van der Waals surface area (Å²) in [6.07, 6.45) is 7.58. The third kappa shape index (κ3) is 3.51. The third-order valence-electron chi connectivity index (χ3n) is 5.96. The number of aromatic nitrogens is 3. The fourth-order valence-corrected chi connectivity index (χ4v) is 5.63. The van der Waals surface area contributed by atoms with E-state index in [0.717, 1.165) is 48.6 Å². The molecule has 7 nitrogen and oxygen atoms in total. The molecule has 154 valence electrons. The van der Waals surface area contributed by atoms with E-state index in [-0.39, 0.29) is 22.3 Å². The number of nitrogens with one attached hydrogen (secondary N) is 1. The van der Waals surface area contributed by atoms with E-state index in [1.165, 1.54) is 0 Å². The molecule has 4 rings (SSSR count). The van der Waals surface area contributed by atoms with E-state index >= 15 is 0 Å². The van der Waals surface area contributed by atoms with Crippen LogP contribution < -0.4 is 9.62 Å². The molecule has 0 unspecified atom stereocenters. The van der Waals surface area contributed by atoms with Crippen LogP contribution in [0.3, 0.4) is 0 Å². The highest BCUT2D eigenvalue weighted by Gasteiger charge is 2.50. The fraction of sp³-hybridized carbons (Fsp3) is 0.684. The zero-order chi connectivity index (χ0) is 20.1. The molecule has 3 atom stereocenters. The lowest BCUT2D eigenvalue weighted by Crippen LogP contribution is -2.55. The van der Waals surface area contributed by atoms with Gasteiger partial charge in [0.05, 0.1) is 39.0 Å². The summed E-state index contributed by atoms with van der Waals surface area (Å²) in [5.74, 6) is 0.917. The molecule has 0 bridgehead atoms. The number of piperidine rings is 1. The van der Waals surface area contributed by atoms with Crippen LogP contribution in [0, 0.1) is 5.41 Å². The smallest absolute Gasteiger partial charge is 0.211 e. The van der Waals surface area contributed by atoms with Crippen molar-refractivity contribution in [1.82, 2.24) is 19.1 Å². The number of anilines is 1. The van der Waals surface area contributed by atoms with Crippen molar-refractivity contribution in [3.05, 3.63) is 23.1 Å². The fourth-order valence-electron chi connectivity index (χ4n) is 4.21. The van der Waals surface area contributed by atoms with Crippen LogP contribution in [0.25, 0.3) is 5.65 Å². The predicted octanol–water partition coefficient (Wildman–Crippen LogP) is 2.92. The van der Waals surface area contributed by atoms with Crippen molar-refractivity contribution < 1.29 is 8.95 Å². The maximum absolute atomic E-state index is 12.7. The topological polar surface area (TPSA) is 71.8 Å². The Morgan fingerprint density at radius 3 is 2.71 bits per heavy atom. The second kappa shape index (κ2) is 7.34. The minimum atomic E-state index is -1.11. The summed E-state index contributed by atoms with van der Waals surface area (Å²) >= 11 is 3.52. The van der Waals surface area contributed by atoms with E-state index in [4.69, 9.17) is 4.74 Å². The number of ether oxygens (including phenoxy) is 1. The van der Waals surface area contributed by atoms with Crippen molar-refractivity contribution in [3.8, 4) is 0 Å². The summed E-state index contributed by atoms with van der Waals surface area (Å²) in [4.78, 5) is 11.4. The molecule has 28 heavy (non-hydrogen) atoms. The molecule has 0 radical (unpaired) electrons. The van der Waals surface area contributed by atoms with E-state index in [2.05, 4.69) is 42.4 Å². The molecule has 2 aliphatic rings. The molecular weight excluding hydrogens is 442 g/mol. The Balaban J connectivity index is 1.53.